The first-order chi connectivity index (χ1) is 15.9. The van der Waals surface area contributed by atoms with Gasteiger partial charge in [-0.2, -0.15) is 13.2 Å². The number of nitrogens with zero attached hydrogens (tertiary/aromatic N) is 7. The molecule has 5 rings (SSSR count). The Morgan fingerprint density at radius 2 is 1.85 bits per heavy atom. The lowest BCUT2D eigenvalue weighted by Gasteiger charge is -2.30. The normalized spacial score (nSPS) is 14.4. The monoisotopic (exact) mass is 459 g/mol. The third kappa shape index (κ3) is 4.46. The van der Waals surface area contributed by atoms with Crippen LogP contribution in [0, 0.1) is 5.82 Å². The number of aromatic nitrogens is 6. The van der Waals surface area contributed by atoms with Gasteiger partial charge in [0.25, 0.3) is 0 Å². The number of halogens is 4. The summed E-state index contributed by atoms with van der Waals surface area (Å²) < 4.78 is 59.0. The molecule has 4 aromatic rings. The molecule has 0 N–H and O–H groups in total. The molecule has 12 heteroatoms. The van der Waals surface area contributed by atoms with Crippen LogP contribution in [0.2, 0.25) is 0 Å². The lowest BCUT2D eigenvalue weighted by molar-refractivity contribution is -0.156. The summed E-state index contributed by atoms with van der Waals surface area (Å²) in [5, 5.41) is 14.5. The van der Waals surface area contributed by atoms with Crippen molar-refractivity contribution < 1.29 is 22.0 Å². The van der Waals surface area contributed by atoms with Crippen LogP contribution >= 0.6 is 0 Å². The average Bonchev–Trinajstić information content (AvgIpc) is 3.42. The van der Waals surface area contributed by atoms with E-state index in [0.29, 0.717) is 29.1 Å². The lowest BCUT2D eigenvalue weighted by atomic mass is 10.1. The summed E-state index contributed by atoms with van der Waals surface area (Å²) in [6.07, 6.45) is -0.625. The highest BCUT2D eigenvalue weighted by Crippen LogP contribution is 2.30. The summed E-state index contributed by atoms with van der Waals surface area (Å²) in [4.78, 5) is 6.38. The van der Waals surface area contributed by atoms with Gasteiger partial charge in [-0.3, -0.25) is 9.88 Å². The molecule has 1 fully saturated rings. The second-order valence-electron chi connectivity index (χ2n) is 7.66. The zero-order valence-corrected chi connectivity index (χ0v) is 17.1. The van der Waals surface area contributed by atoms with E-state index >= 15 is 0 Å². The van der Waals surface area contributed by atoms with Gasteiger partial charge in [-0.1, -0.05) is 17.3 Å². The summed E-state index contributed by atoms with van der Waals surface area (Å²) in [5.41, 5.74) is 2.22. The molecular formula is C21H17F4N7O. The van der Waals surface area contributed by atoms with E-state index in [1.807, 2.05) is 0 Å². The zero-order chi connectivity index (χ0) is 23.0. The smallest absolute Gasteiger partial charge is 0.413 e. The molecule has 1 aliphatic rings. The van der Waals surface area contributed by atoms with Gasteiger partial charge >= 0.3 is 12.1 Å². The fourth-order valence-corrected chi connectivity index (χ4v) is 3.44. The molecule has 0 atom stereocenters. The predicted molar refractivity (Wildman–Crippen MR) is 107 cm³/mol. The number of alkyl halides is 3. The number of pyridine rings is 1. The summed E-state index contributed by atoms with van der Waals surface area (Å²) in [7, 11) is 0. The zero-order valence-electron chi connectivity index (χ0n) is 17.1. The van der Waals surface area contributed by atoms with Crippen molar-refractivity contribution in [3.8, 4) is 22.7 Å². The molecule has 33 heavy (non-hydrogen) atoms. The van der Waals surface area contributed by atoms with Crippen molar-refractivity contribution in [2.45, 2.75) is 25.7 Å². The number of likely N-dealkylation sites (tertiary alicyclic amines) is 1. The topological polar surface area (TPSA) is 85.8 Å². The third-order valence-electron chi connectivity index (χ3n) is 5.30. The molecule has 0 spiro atoms. The van der Waals surface area contributed by atoms with E-state index in [-0.39, 0.29) is 23.8 Å². The Morgan fingerprint density at radius 3 is 2.52 bits per heavy atom. The van der Waals surface area contributed by atoms with E-state index in [4.69, 9.17) is 0 Å². The second kappa shape index (κ2) is 8.35. The van der Waals surface area contributed by atoms with Crippen LogP contribution in [0.1, 0.15) is 23.6 Å². The molecule has 1 saturated heterocycles. The maximum Gasteiger partial charge on any atom is 0.470 e. The molecular weight excluding hydrogens is 442 g/mol. The molecule has 4 heterocycles. The molecule has 3 aromatic heterocycles. The quantitative estimate of drug-likeness (QED) is 0.406. The van der Waals surface area contributed by atoms with Crippen molar-refractivity contribution in [3.63, 3.8) is 0 Å². The summed E-state index contributed by atoms with van der Waals surface area (Å²) in [6, 6.07) is 8.35. The van der Waals surface area contributed by atoms with Crippen molar-refractivity contribution in [2.24, 2.45) is 0 Å². The van der Waals surface area contributed by atoms with Crippen LogP contribution < -0.4 is 0 Å². The van der Waals surface area contributed by atoms with E-state index in [1.165, 1.54) is 16.9 Å². The van der Waals surface area contributed by atoms with Crippen LogP contribution in [0.5, 0.6) is 0 Å². The van der Waals surface area contributed by atoms with Gasteiger partial charge in [0.15, 0.2) is 0 Å². The Labute approximate surface area is 184 Å². The van der Waals surface area contributed by atoms with Crippen molar-refractivity contribution in [1.29, 1.82) is 0 Å². The van der Waals surface area contributed by atoms with Crippen LogP contribution in [0.25, 0.3) is 22.7 Å². The summed E-state index contributed by atoms with van der Waals surface area (Å²) in [5.74, 6) is -2.01. The van der Waals surface area contributed by atoms with Crippen molar-refractivity contribution in [2.75, 3.05) is 13.1 Å². The number of benzene rings is 1. The number of hydrogen-bond acceptors (Lipinski definition) is 7. The van der Waals surface area contributed by atoms with Gasteiger partial charge in [0.05, 0.1) is 24.0 Å². The molecule has 0 aliphatic carbocycles. The van der Waals surface area contributed by atoms with E-state index in [0.717, 1.165) is 19.5 Å². The Balaban J connectivity index is 1.29. The lowest BCUT2D eigenvalue weighted by Crippen LogP contribution is -2.36. The van der Waals surface area contributed by atoms with Gasteiger partial charge < -0.3 is 4.42 Å². The SMILES string of the molecule is Fc1c(CN2CCC2)cccc1-c1cn(Cc2ccc(-c3nnc(C(F)(F)F)o3)cn2)nn1. The Hall–Kier alpha value is -3.67. The van der Waals surface area contributed by atoms with Gasteiger partial charge in [0.1, 0.15) is 11.5 Å². The molecule has 0 saturated carbocycles. The van der Waals surface area contributed by atoms with E-state index in [1.54, 1.807) is 30.5 Å². The Bertz CT molecular complexity index is 1260. The second-order valence-corrected chi connectivity index (χ2v) is 7.66. The summed E-state index contributed by atoms with van der Waals surface area (Å²) in [6.45, 7) is 2.75. The third-order valence-corrected chi connectivity index (χ3v) is 5.30. The fourth-order valence-electron chi connectivity index (χ4n) is 3.44. The van der Waals surface area contributed by atoms with Gasteiger partial charge in [0, 0.05) is 23.9 Å². The van der Waals surface area contributed by atoms with Crippen molar-refractivity contribution in [3.05, 3.63) is 65.7 Å². The van der Waals surface area contributed by atoms with Crippen LogP contribution in [-0.2, 0) is 19.3 Å². The number of hydrogen-bond donors (Lipinski definition) is 0. The maximum atomic E-state index is 15.0. The minimum Gasteiger partial charge on any atom is -0.413 e. The van der Waals surface area contributed by atoms with Crippen LogP contribution in [0.3, 0.4) is 0 Å². The van der Waals surface area contributed by atoms with E-state index in [2.05, 4.69) is 34.8 Å². The Morgan fingerprint density at radius 1 is 1.00 bits per heavy atom. The molecule has 0 amide bonds. The van der Waals surface area contributed by atoms with Gasteiger partial charge in [-0.15, -0.1) is 15.3 Å². The maximum absolute atomic E-state index is 15.0. The average molecular weight is 459 g/mol. The van der Waals surface area contributed by atoms with Crippen LogP contribution in [0.4, 0.5) is 17.6 Å². The molecule has 0 unspecified atom stereocenters. The minimum absolute atomic E-state index is 0.236. The number of rotatable bonds is 6. The molecule has 8 nitrogen and oxygen atoms in total. The van der Waals surface area contributed by atoms with Gasteiger partial charge in [0.2, 0.25) is 5.89 Å². The van der Waals surface area contributed by atoms with Crippen molar-refractivity contribution >= 4 is 0 Å². The first kappa shape index (κ1) is 21.2. The molecule has 0 bridgehead atoms. The highest BCUT2D eigenvalue weighted by atomic mass is 19.4. The molecule has 0 radical (unpaired) electrons. The largest absolute Gasteiger partial charge is 0.470 e. The van der Waals surface area contributed by atoms with Crippen LogP contribution in [-0.4, -0.2) is 48.2 Å². The first-order valence-corrected chi connectivity index (χ1v) is 10.1. The van der Waals surface area contributed by atoms with E-state index in [9.17, 15) is 17.6 Å². The fraction of sp³-hybridized carbons (Fsp3) is 0.286. The van der Waals surface area contributed by atoms with Crippen molar-refractivity contribution in [1.82, 2.24) is 35.1 Å². The highest BCUT2D eigenvalue weighted by molar-refractivity contribution is 5.60. The molecule has 170 valence electrons. The van der Waals surface area contributed by atoms with Crippen LogP contribution in [0.15, 0.2) is 47.1 Å². The van der Waals surface area contributed by atoms with Gasteiger partial charge in [-0.05, 0) is 37.7 Å². The highest BCUT2D eigenvalue weighted by Gasteiger charge is 2.38. The minimum atomic E-state index is -4.71. The summed E-state index contributed by atoms with van der Waals surface area (Å²) >= 11 is 0. The first-order valence-electron chi connectivity index (χ1n) is 10.1. The molecule has 1 aromatic carbocycles. The van der Waals surface area contributed by atoms with Gasteiger partial charge in [-0.25, -0.2) is 9.07 Å². The van der Waals surface area contributed by atoms with E-state index < -0.39 is 12.1 Å². The Kier molecular flexibility index (Phi) is 5.36. The predicted octanol–water partition coefficient (Wildman–Crippen LogP) is 3.80. The standard InChI is InChI=1S/C21H17F4N7O/c22-18-14(10-31-7-2-8-31)3-1-4-16(18)17-12-32(30-27-17)11-15-6-5-13(9-26-15)19-28-29-20(33-19)21(23,24)25/h1,3-6,9,12H,2,7-8,10-11H2. The molecule has 1 aliphatic heterocycles.